The van der Waals surface area contributed by atoms with Crippen molar-refractivity contribution < 1.29 is 32.8 Å². The molecule has 0 aliphatic heterocycles. The van der Waals surface area contributed by atoms with E-state index in [0.717, 1.165) is 0 Å². The monoisotopic (exact) mass is 306 g/mol. The molecule has 0 spiro atoms. The Morgan fingerprint density at radius 3 is 1.75 bits per heavy atom. The van der Waals surface area contributed by atoms with Crippen molar-refractivity contribution in [3.8, 4) is 0 Å². The Kier molecular flexibility index (Phi) is 5.67. The van der Waals surface area contributed by atoms with Gasteiger partial charge in [-0.2, -0.15) is 8.42 Å². The molecule has 1 unspecified atom stereocenters. The molecule has 0 saturated heterocycles. The highest BCUT2D eigenvalue weighted by Gasteiger charge is 2.63. The first-order chi connectivity index (χ1) is 8.98. The zero-order valence-electron chi connectivity index (χ0n) is 11.1. The van der Waals surface area contributed by atoms with Gasteiger partial charge in [-0.25, -0.2) is 0 Å². The normalized spacial score (nSPS) is 15.1. The fraction of sp³-hybridized carbons (Fsp3) is 0.500. The summed E-state index contributed by atoms with van der Waals surface area (Å²) < 4.78 is 29.9. The van der Waals surface area contributed by atoms with Crippen LogP contribution in [0.1, 0.15) is 26.2 Å². The largest absolute Gasteiger partial charge is 0.481 e. The average molecular weight is 306 g/mol. The topological polar surface area (TPSA) is 129 Å². The molecule has 0 amide bonds. The zero-order valence-corrected chi connectivity index (χ0v) is 11.9. The summed E-state index contributed by atoms with van der Waals surface area (Å²) in [5, 5.41) is 18.2. The van der Waals surface area contributed by atoms with Gasteiger partial charge in [-0.1, -0.05) is 19.1 Å². The lowest BCUT2D eigenvalue weighted by atomic mass is 9.69. The van der Waals surface area contributed by atoms with E-state index in [2.05, 4.69) is 13.2 Å². The van der Waals surface area contributed by atoms with Crippen molar-refractivity contribution >= 4 is 22.1 Å². The van der Waals surface area contributed by atoms with Crippen LogP contribution in [0.25, 0.3) is 0 Å². The molecule has 0 aromatic rings. The molecule has 0 aliphatic rings. The molecule has 8 heteroatoms. The third kappa shape index (κ3) is 3.07. The van der Waals surface area contributed by atoms with Crippen LogP contribution >= 0.6 is 0 Å². The van der Waals surface area contributed by atoms with Gasteiger partial charge in [-0.3, -0.25) is 14.1 Å². The standard InChI is InChI=1S/C12H18O7S/c1-4-6-11(3,7-5-2)12(10(15)16,8-9(13)14)20(17,18)19/h4-5H,1-2,6-8H2,3H3,(H,13,14)(H,15,16)(H,17,18,19). The van der Waals surface area contributed by atoms with Crippen molar-refractivity contribution in [2.24, 2.45) is 5.41 Å². The molecule has 20 heavy (non-hydrogen) atoms. The van der Waals surface area contributed by atoms with Gasteiger partial charge in [0.1, 0.15) is 0 Å². The first-order valence-corrected chi connectivity index (χ1v) is 7.06. The van der Waals surface area contributed by atoms with Crippen molar-refractivity contribution in [3.63, 3.8) is 0 Å². The predicted octanol–water partition coefficient (Wildman–Crippen LogP) is 1.33. The molecule has 0 heterocycles. The number of hydrogen-bond donors (Lipinski definition) is 3. The van der Waals surface area contributed by atoms with E-state index in [-0.39, 0.29) is 12.8 Å². The van der Waals surface area contributed by atoms with Crippen LogP contribution in [0, 0.1) is 5.41 Å². The second-order valence-electron chi connectivity index (χ2n) is 4.72. The van der Waals surface area contributed by atoms with Crippen LogP contribution in [-0.4, -0.2) is 39.9 Å². The maximum absolute atomic E-state index is 11.7. The van der Waals surface area contributed by atoms with E-state index >= 15 is 0 Å². The van der Waals surface area contributed by atoms with Gasteiger partial charge in [0.25, 0.3) is 10.1 Å². The second-order valence-corrected chi connectivity index (χ2v) is 6.37. The number of carboxylic acid groups (broad SMARTS) is 2. The van der Waals surface area contributed by atoms with Crippen LogP contribution in [0.3, 0.4) is 0 Å². The van der Waals surface area contributed by atoms with Crippen molar-refractivity contribution in [1.82, 2.24) is 0 Å². The van der Waals surface area contributed by atoms with E-state index in [9.17, 15) is 27.7 Å². The summed E-state index contributed by atoms with van der Waals surface area (Å²) >= 11 is 0. The van der Waals surface area contributed by atoms with Crippen molar-refractivity contribution in [2.75, 3.05) is 0 Å². The zero-order chi connectivity index (χ0) is 16.2. The Morgan fingerprint density at radius 2 is 1.55 bits per heavy atom. The summed E-state index contributed by atoms with van der Waals surface area (Å²) in [5.74, 6) is -3.57. The minimum atomic E-state index is -5.20. The number of hydrogen-bond acceptors (Lipinski definition) is 4. The molecule has 0 aliphatic carbocycles. The molecular formula is C12H18O7S. The Hall–Kier alpha value is -1.67. The van der Waals surface area contributed by atoms with Crippen molar-refractivity contribution in [1.29, 1.82) is 0 Å². The summed E-state index contributed by atoms with van der Waals surface area (Å²) in [5.41, 5.74) is -1.60. The number of carbonyl (C=O) groups is 2. The lowest BCUT2D eigenvalue weighted by molar-refractivity contribution is -0.150. The highest BCUT2D eigenvalue weighted by Crippen LogP contribution is 2.46. The van der Waals surface area contributed by atoms with Crippen molar-refractivity contribution in [2.45, 2.75) is 30.9 Å². The van der Waals surface area contributed by atoms with Gasteiger partial charge in [0.05, 0.1) is 6.42 Å². The van der Waals surface area contributed by atoms with E-state index in [1.54, 1.807) is 0 Å². The molecule has 3 N–H and O–H groups in total. The average Bonchev–Trinajstić information content (AvgIpc) is 2.23. The van der Waals surface area contributed by atoms with Crippen LogP contribution in [0.4, 0.5) is 0 Å². The maximum atomic E-state index is 11.7. The quantitative estimate of drug-likeness (QED) is 0.433. The third-order valence-electron chi connectivity index (χ3n) is 3.35. The first-order valence-electron chi connectivity index (χ1n) is 5.62. The van der Waals surface area contributed by atoms with E-state index in [1.807, 2.05) is 0 Å². The van der Waals surface area contributed by atoms with Gasteiger partial charge in [0.2, 0.25) is 4.75 Å². The predicted molar refractivity (Wildman–Crippen MR) is 71.9 cm³/mol. The highest BCUT2D eigenvalue weighted by atomic mass is 32.2. The Labute approximate surface area is 117 Å². The molecule has 0 fully saturated rings. The van der Waals surface area contributed by atoms with Crippen LogP contribution in [0.5, 0.6) is 0 Å². The molecular weight excluding hydrogens is 288 g/mol. The smallest absolute Gasteiger partial charge is 0.328 e. The number of aliphatic carboxylic acids is 2. The molecule has 0 rings (SSSR count). The van der Waals surface area contributed by atoms with Crippen molar-refractivity contribution in [3.05, 3.63) is 25.3 Å². The summed E-state index contributed by atoms with van der Waals surface area (Å²) in [6.45, 7) is 8.09. The van der Waals surface area contributed by atoms with E-state index in [4.69, 9.17) is 5.11 Å². The molecule has 7 nitrogen and oxygen atoms in total. The Bertz CT molecular complexity index is 510. The highest BCUT2D eigenvalue weighted by molar-refractivity contribution is 7.88. The van der Waals surface area contributed by atoms with Gasteiger partial charge in [-0.05, 0) is 12.8 Å². The number of allylic oxidation sites excluding steroid dienone is 2. The van der Waals surface area contributed by atoms with Gasteiger partial charge in [0, 0.05) is 5.41 Å². The summed E-state index contributed by atoms with van der Waals surface area (Å²) in [7, 11) is -5.20. The fourth-order valence-electron chi connectivity index (χ4n) is 2.32. The van der Waals surface area contributed by atoms with Crippen LogP contribution in [0.15, 0.2) is 25.3 Å². The summed E-state index contributed by atoms with van der Waals surface area (Å²) in [4.78, 5) is 22.5. The molecule has 114 valence electrons. The van der Waals surface area contributed by atoms with Crippen LogP contribution in [-0.2, 0) is 19.7 Å². The lowest BCUT2D eigenvalue weighted by Crippen LogP contribution is -2.59. The molecule has 0 aromatic carbocycles. The molecule has 1 atom stereocenters. The Balaban J connectivity index is 6.46. The van der Waals surface area contributed by atoms with Gasteiger partial charge < -0.3 is 10.2 Å². The number of rotatable bonds is 9. The Morgan fingerprint density at radius 1 is 1.15 bits per heavy atom. The summed E-state index contributed by atoms with van der Waals surface area (Å²) in [6.07, 6.45) is 1.03. The minimum absolute atomic E-state index is 0.127. The lowest BCUT2D eigenvalue weighted by Gasteiger charge is -2.41. The second kappa shape index (κ2) is 6.19. The molecule has 0 aromatic heterocycles. The number of carboxylic acids is 2. The summed E-state index contributed by atoms with van der Waals surface area (Å²) in [6, 6.07) is 0. The maximum Gasteiger partial charge on any atom is 0.328 e. The molecule has 0 radical (unpaired) electrons. The fourth-order valence-corrected chi connectivity index (χ4v) is 3.64. The minimum Gasteiger partial charge on any atom is -0.481 e. The molecule has 0 saturated carbocycles. The van der Waals surface area contributed by atoms with Gasteiger partial charge in [-0.15, -0.1) is 13.2 Å². The first kappa shape index (κ1) is 18.3. The SMILES string of the molecule is C=CCC(C)(CC=C)C(CC(=O)O)(C(=O)O)S(=O)(=O)O. The van der Waals surface area contributed by atoms with E-state index in [0.29, 0.717) is 0 Å². The van der Waals surface area contributed by atoms with Crippen LogP contribution < -0.4 is 0 Å². The molecule has 0 bridgehead atoms. The van der Waals surface area contributed by atoms with Gasteiger partial charge in [0.15, 0.2) is 0 Å². The van der Waals surface area contributed by atoms with E-state index < -0.39 is 38.6 Å². The third-order valence-corrected chi connectivity index (χ3v) is 5.04. The van der Waals surface area contributed by atoms with E-state index in [1.165, 1.54) is 19.1 Å². The van der Waals surface area contributed by atoms with Crippen LogP contribution in [0.2, 0.25) is 0 Å². The van der Waals surface area contributed by atoms with Gasteiger partial charge >= 0.3 is 11.9 Å².